The Balaban J connectivity index is 2.18. The van der Waals surface area contributed by atoms with Gasteiger partial charge in [0.15, 0.2) is 0 Å². The third kappa shape index (κ3) is 6.75. The molecule has 0 aromatic heterocycles. The van der Waals surface area contributed by atoms with Crippen molar-refractivity contribution in [2.24, 2.45) is 11.8 Å². The molecule has 0 spiro atoms. The van der Waals surface area contributed by atoms with Crippen molar-refractivity contribution in [3.8, 4) is 0 Å². The van der Waals surface area contributed by atoms with Crippen molar-refractivity contribution in [3.05, 3.63) is 0 Å². The van der Waals surface area contributed by atoms with E-state index in [0.717, 1.165) is 31.0 Å². The molecule has 2 heteroatoms. The lowest BCUT2D eigenvalue weighted by Crippen LogP contribution is -2.38. The van der Waals surface area contributed by atoms with Crippen LogP contribution in [0, 0.1) is 11.8 Å². The van der Waals surface area contributed by atoms with Crippen molar-refractivity contribution in [3.63, 3.8) is 0 Å². The Labute approximate surface area is 115 Å². The van der Waals surface area contributed by atoms with Crippen molar-refractivity contribution in [2.75, 3.05) is 26.7 Å². The second-order valence-electron chi connectivity index (χ2n) is 6.74. The van der Waals surface area contributed by atoms with Crippen LogP contribution in [0.15, 0.2) is 0 Å². The third-order valence-electron chi connectivity index (χ3n) is 4.09. The second-order valence-corrected chi connectivity index (χ2v) is 6.74. The molecule has 0 amide bonds. The highest BCUT2D eigenvalue weighted by molar-refractivity contribution is 4.74. The monoisotopic (exact) mass is 254 g/mol. The molecule has 1 atom stereocenters. The van der Waals surface area contributed by atoms with Gasteiger partial charge in [0.25, 0.3) is 0 Å². The van der Waals surface area contributed by atoms with Crippen molar-refractivity contribution in [1.82, 2.24) is 10.2 Å². The maximum absolute atomic E-state index is 3.58. The lowest BCUT2D eigenvalue weighted by Gasteiger charge is -2.29. The summed E-state index contributed by atoms with van der Waals surface area (Å²) >= 11 is 0. The van der Waals surface area contributed by atoms with Crippen molar-refractivity contribution >= 4 is 0 Å². The van der Waals surface area contributed by atoms with Gasteiger partial charge < -0.3 is 10.2 Å². The van der Waals surface area contributed by atoms with E-state index in [1.165, 1.54) is 45.1 Å². The summed E-state index contributed by atoms with van der Waals surface area (Å²) in [4.78, 5) is 2.62. The quantitative estimate of drug-likeness (QED) is 0.699. The van der Waals surface area contributed by atoms with Gasteiger partial charge in [0.2, 0.25) is 0 Å². The summed E-state index contributed by atoms with van der Waals surface area (Å²) in [6, 6.07) is 0.847. The predicted molar refractivity (Wildman–Crippen MR) is 81.0 cm³/mol. The van der Waals surface area contributed by atoms with Gasteiger partial charge in [0.1, 0.15) is 0 Å². The summed E-state index contributed by atoms with van der Waals surface area (Å²) in [6.45, 7) is 10.5. The average Bonchev–Trinajstić information content (AvgIpc) is 2.56. The fraction of sp³-hybridized carbons (Fsp3) is 1.00. The van der Waals surface area contributed by atoms with Crippen LogP contribution in [-0.2, 0) is 0 Å². The maximum Gasteiger partial charge on any atom is 0.00923 e. The first-order valence-electron chi connectivity index (χ1n) is 8.00. The van der Waals surface area contributed by atoms with Crippen molar-refractivity contribution in [1.29, 1.82) is 0 Å². The summed E-state index contributed by atoms with van der Waals surface area (Å²) in [5.41, 5.74) is 0. The van der Waals surface area contributed by atoms with Crippen molar-refractivity contribution < 1.29 is 0 Å². The molecule has 1 rings (SSSR count). The predicted octanol–water partition coefficient (Wildman–Crippen LogP) is 3.52. The number of hydrogen-bond acceptors (Lipinski definition) is 2. The van der Waals surface area contributed by atoms with Crippen LogP contribution in [0.25, 0.3) is 0 Å². The molecule has 0 heterocycles. The first-order chi connectivity index (χ1) is 8.59. The van der Waals surface area contributed by atoms with Crippen LogP contribution < -0.4 is 5.32 Å². The van der Waals surface area contributed by atoms with Gasteiger partial charge >= 0.3 is 0 Å². The molecule has 1 N–H and O–H groups in total. The molecule has 1 saturated carbocycles. The Kier molecular flexibility index (Phi) is 7.92. The summed E-state index contributed by atoms with van der Waals surface area (Å²) in [5, 5.41) is 3.58. The van der Waals surface area contributed by atoms with E-state index in [2.05, 4.69) is 38.0 Å². The molecule has 0 bridgehead atoms. The van der Waals surface area contributed by atoms with E-state index in [4.69, 9.17) is 0 Å². The van der Waals surface area contributed by atoms with E-state index in [1.807, 2.05) is 0 Å². The van der Waals surface area contributed by atoms with Crippen LogP contribution in [-0.4, -0.2) is 37.6 Å². The van der Waals surface area contributed by atoms with E-state index in [1.54, 1.807) is 0 Å². The highest BCUT2D eigenvalue weighted by Crippen LogP contribution is 2.21. The van der Waals surface area contributed by atoms with Gasteiger partial charge in [-0.25, -0.2) is 0 Å². The standard InChI is InChI=1S/C16H34N2/c1-14(2)11-17-12-15(3)13-18(4)16-9-7-5-6-8-10-16/h14-17H,5-13H2,1-4H3. The zero-order valence-electron chi connectivity index (χ0n) is 13.0. The lowest BCUT2D eigenvalue weighted by molar-refractivity contribution is 0.192. The summed E-state index contributed by atoms with van der Waals surface area (Å²) in [5.74, 6) is 1.52. The van der Waals surface area contributed by atoms with Gasteiger partial charge in [-0.05, 0) is 44.8 Å². The fourth-order valence-corrected chi connectivity index (χ4v) is 3.02. The Morgan fingerprint density at radius 3 is 2.17 bits per heavy atom. The Morgan fingerprint density at radius 1 is 1.00 bits per heavy atom. The maximum atomic E-state index is 3.58. The van der Waals surface area contributed by atoms with Gasteiger partial charge in [-0.1, -0.05) is 46.5 Å². The normalized spacial score (nSPS) is 20.3. The number of nitrogens with one attached hydrogen (secondary N) is 1. The van der Waals surface area contributed by atoms with Gasteiger partial charge in [0, 0.05) is 12.6 Å². The zero-order valence-corrected chi connectivity index (χ0v) is 13.0. The molecule has 18 heavy (non-hydrogen) atoms. The molecule has 2 nitrogen and oxygen atoms in total. The topological polar surface area (TPSA) is 15.3 Å². The van der Waals surface area contributed by atoms with E-state index >= 15 is 0 Å². The largest absolute Gasteiger partial charge is 0.316 e. The van der Waals surface area contributed by atoms with Crippen LogP contribution >= 0.6 is 0 Å². The molecule has 1 aliphatic carbocycles. The van der Waals surface area contributed by atoms with Crippen LogP contribution in [0.1, 0.15) is 59.3 Å². The number of nitrogens with zero attached hydrogens (tertiary/aromatic N) is 1. The summed E-state index contributed by atoms with van der Waals surface area (Å²) in [7, 11) is 2.33. The molecule has 108 valence electrons. The van der Waals surface area contributed by atoms with E-state index in [-0.39, 0.29) is 0 Å². The van der Waals surface area contributed by atoms with E-state index < -0.39 is 0 Å². The minimum absolute atomic E-state index is 0.761. The molecule has 0 saturated heterocycles. The molecule has 0 aliphatic heterocycles. The summed E-state index contributed by atoms with van der Waals surface area (Å²) < 4.78 is 0. The minimum atomic E-state index is 0.761. The van der Waals surface area contributed by atoms with Gasteiger partial charge in [-0.2, -0.15) is 0 Å². The van der Waals surface area contributed by atoms with Crippen LogP contribution in [0.2, 0.25) is 0 Å². The fourth-order valence-electron chi connectivity index (χ4n) is 3.02. The SMILES string of the molecule is CC(C)CNCC(C)CN(C)C1CCCCCC1. The van der Waals surface area contributed by atoms with Crippen LogP contribution in [0.3, 0.4) is 0 Å². The number of hydrogen-bond donors (Lipinski definition) is 1. The Hall–Kier alpha value is -0.0800. The average molecular weight is 254 g/mol. The first-order valence-corrected chi connectivity index (χ1v) is 8.00. The summed E-state index contributed by atoms with van der Waals surface area (Å²) in [6.07, 6.45) is 8.63. The molecule has 1 fully saturated rings. The molecule has 0 radical (unpaired) electrons. The van der Waals surface area contributed by atoms with Crippen LogP contribution in [0.5, 0.6) is 0 Å². The molecule has 0 aromatic rings. The lowest BCUT2D eigenvalue weighted by atomic mass is 10.1. The molecular formula is C16H34N2. The molecule has 1 aliphatic rings. The molecule has 0 aromatic carbocycles. The second kappa shape index (κ2) is 8.92. The highest BCUT2D eigenvalue weighted by Gasteiger charge is 2.18. The first kappa shape index (κ1) is 16.0. The van der Waals surface area contributed by atoms with Gasteiger partial charge in [-0.3, -0.25) is 0 Å². The van der Waals surface area contributed by atoms with E-state index in [9.17, 15) is 0 Å². The van der Waals surface area contributed by atoms with Gasteiger partial charge in [-0.15, -0.1) is 0 Å². The minimum Gasteiger partial charge on any atom is -0.316 e. The smallest absolute Gasteiger partial charge is 0.00923 e. The highest BCUT2D eigenvalue weighted by atomic mass is 15.1. The van der Waals surface area contributed by atoms with E-state index in [0.29, 0.717) is 0 Å². The van der Waals surface area contributed by atoms with Crippen molar-refractivity contribution in [2.45, 2.75) is 65.3 Å². The van der Waals surface area contributed by atoms with Crippen LogP contribution in [0.4, 0.5) is 0 Å². The Bertz CT molecular complexity index is 195. The zero-order chi connectivity index (χ0) is 13.4. The Morgan fingerprint density at radius 2 is 1.61 bits per heavy atom. The molecular weight excluding hydrogens is 220 g/mol. The third-order valence-corrected chi connectivity index (χ3v) is 4.09. The molecule has 1 unspecified atom stereocenters. The van der Waals surface area contributed by atoms with Gasteiger partial charge in [0.05, 0.1) is 0 Å². The number of rotatable bonds is 7.